The molecule has 2 amide bonds. The summed E-state index contributed by atoms with van der Waals surface area (Å²) in [7, 11) is 0. The van der Waals surface area contributed by atoms with Crippen LogP contribution in [0.2, 0.25) is 0 Å². The molecule has 0 saturated carbocycles. The number of carbonyl (C=O) groups is 2. The number of ether oxygens (including phenoxy) is 1. The van der Waals surface area contributed by atoms with Crippen molar-refractivity contribution < 1.29 is 19.4 Å². The van der Waals surface area contributed by atoms with Gasteiger partial charge in [-0.3, -0.25) is 4.79 Å². The van der Waals surface area contributed by atoms with Crippen LogP contribution in [0.25, 0.3) is 0 Å². The molecule has 1 aliphatic heterocycles. The average Bonchev–Trinajstić information content (AvgIpc) is 2.82. The monoisotopic (exact) mass is 258 g/mol. The molecular formula is C12H22N2O4. The number of carboxylic acids is 1. The van der Waals surface area contributed by atoms with Gasteiger partial charge in [0.15, 0.2) is 0 Å². The van der Waals surface area contributed by atoms with Crippen molar-refractivity contribution in [2.24, 2.45) is 5.92 Å². The molecule has 2 N–H and O–H groups in total. The Balaban J connectivity index is 2.17. The maximum Gasteiger partial charge on any atom is 0.317 e. The molecule has 0 aliphatic carbocycles. The number of rotatable bonds is 7. The summed E-state index contributed by atoms with van der Waals surface area (Å²) >= 11 is 0. The number of nitrogens with zero attached hydrogens (tertiary/aromatic N) is 1. The summed E-state index contributed by atoms with van der Waals surface area (Å²) < 4.78 is 5.26. The van der Waals surface area contributed by atoms with Crippen LogP contribution < -0.4 is 5.32 Å². The molecule has 0 aromatic carbocycles. The molecule has 1 fully saturated rings. The van der Waals surface area contributed by atoms with Gasteiger partial charge in [-0.05, 0) is 25.7 Å². The first-order valence-corrected chi connectivity index (χ1v) is 6.45. The highest BCUT2D eigenvalue weighted by Crippen LogP contribution is 2.15. The number of amides is 2. The molecule has 104 valence electrons. The summed E-state index contributed by atoms with van der Waals surface area (Å²) in [6.07, 6.45) is 1.96. The van der Waals surface area contributed by atoms with Crippen molar-refractivity contribution in [3.05, 3.63) is 0 Å². The highest BCUT2D eigenvalue weighted by molar-refractivity contribution is 5.75. The van der Waals surface area contributed by atoms with E-state index in [-0.39, 0.29) is 19.0 Å². The third kappa shape index (κ3) is 5.35. The van der Waals surface area contributed by atoms with Gasteiger partial charge in [0.2, 0.25) is 0 Å². The maximum absolute atomic E-state index is 11.8. The van der Waals surface area contributed by atoms with E-state index in [2.05, 4.69) is 5.32 Å². The summed E-state index contributed by atoms with van der Waals surface area (Å²) in [5.41, 5.74) is 0. The Hall–Kier alpha value is -1.30. The molecule has 18 heavy (non-hydrogen) atoms. The normalized spacial score (nSPS) is 18.6. The van der Waals surface area contributed by atoms with Crippen molar-refractivity contribution in [1.29, 1.82) is 0 Å². The van der Waals surface area contributed by atoms with Crippen LogP contribution in [0.1, 0.15) is 26.2 Å². The van der Waals surface area contributed by atoms with Crippen LogP contribution in [0.3, 0.4) is 0 Å². The molecule has 0 spiro atoms. The number of carboxylic acid groups (broad SMARTS) is 1. The van der Waals surface area contributed by atoms with Gasteiger partial charge in [-0.25, -0.2) is 4.79 Å². The van der Waals surface area contributed by atoms with E-state index in [4.69, 9.17) is 9.84 Å². The minimum Gasteiger partial charge on any atom is -0.481 e. The first-order valence-electron chi connectivity index (χ1n) is 6.45. The second-order valence-corrected chi connectivity index (χ2v) is 4.47. The Morgan fingerprint density at radius 2 is 2.28 bits per heavy atom. The molecule has 1 saturated heterocycles. The fourth-order valence-electron chi connectivity index (χ4n) is 1.94. The lowest BCUT2D eigenvalue weighted by atomic mass is 10.1. The van der Waals surface area contributed by atoms with E-state index in [9.17, 15) is 9.59 Å². The number of nitrogens with one attached hydrogen (secondary N) is 1. The lowest BCUT2D eigenvalue weighted by Gasteiger charge is -2.20. The molecule has 1 aliphatic rings. The van der Waals surface area contributed by atoms with Crippen LogP contribution in [0.5, 0.6) is 0 Å². The third-order valence-corrected chi connectivity index (χ3v) is 3.12. The molecule has 0 aromatic heterocycles. The number of urea groups is 1. The fraction of sp³-hybridized carbons (Fsp3) is 0.833. The Labute approximate surface area is 107 Å². The SMILES string of the molecule is CCN(CCC(=O)O)C(=O)NCCC1CCOC1. The van der Waals surface area contributed by atoms with Gasteiger partial charge in [0.1, 0.15) is 0 Å². The van der Waals surface area contributed by atoms with Crippen LogP contribution in [-0.2, 0) is 9.53 Å². The highest BCUT2D eigenvalue weighted by atomic mass is 16.5. The smallest absolute Gasteiger partial charge is 0.317 e. The Bertz CT molecular complexity index is 277. The average molecular weight is 258 g/mol. The second-order valence-electron chi connectivity index (χ2n) is 4.47. The number of hydrogen-bond donors (Lipinski definition) is 2. The Morgan fingerprint density at radius 1 is 1.50 bits per heavy atom. The molecule has 1 atom stereocenters. The van der Waals surface area contributed by atoms with Crippen LogP contribution in [0.4, 0.5) is 4.79 Å². The lowest BCUT2D eigenvalue weighted by Crippen LogP contribution is -2.41. The van der Waals surface area contributed by atoms with Gasteiger partial charge in [-0.1, -0.05) is 0 Å². The van der Waals surface area contributed by atoms with E-state index >= 15 is 0 Å². The van der Waals surface area contributed by atoms with E-state index in [1.54, 1.807) is 0 Å². The molecular weight excluding hydrogens is 236 g/mol. The van der Waals surface area contributed by atoms with Gasteiger partial charge in [0.25, 0.3) is 0 Å². The van der Waals surface area contributed by atoms with Gasteiger partial charge in [-0.15, -0.1) is 0 Å². The zero-order valence-electron chi connectivity index (χ0n) is 10.9. The van der Waals surface area contributed by atoms with Crippen molar-refractivity contribution in [1.82, 2.24) is 10.2 Å². The van der Waals surface area contributed by atoms with E-state index in [1.807, 2.05) is 6.92 Å². The van der Waals surface area contributed by atoms with Crippen LogP contribution in [0.15, 0.2) is 0 Å². The van der Waals surface area contributed by atoms with E-state index < -0.39 is 5.97 Å². The first kappa shape index (κ1) is 14.8. The predicted molar refractivity (Wildman–Crippen MR) is 66.4 cm³/mol. The molecule has 0 bridgehead atoms. The van der Waals surface area contributed by atoms with Crippen molar-refractivity contribution >= 4 is 12.0 Å². The fourth-order valence-corrected chi connectivity index (χ4v) is 1.94. The quantitative estimate of drug-likeness (QED) is 0.711. The number of carbonyl (C=O) groups excluding carboxylic acids is 1. The van der Waals surface area contributed by atoms with Gasteiger partial charge in [0, 0.05) is 32.8 Å². The minimum atomic E-state index is -0.885. The standard InChI is InChI=1S/C12H22N2O4/c1-2-14(7-4-11(15)16)12(17)13-6-3-10-5-8-18-9-10/h10H,2-9H2,1H3,(H,13,17)(H,15,16). The second kappa shape index (κ2) is 7.92. The van der Waals surface area contributed by atoms with E-state index in [1.165, 1.54) is 4.90 Å². The van der Waals surface area contributed by atoms with E-state index in [0.717, 1.165) is 26.1 Å². The van der Waals surface area contributed by atoms with Crippen molar-refractivity contribution in [2.75, 3.05) is 32.8 Å². The Kier molecular flexibility index (Phi) is 6.49. The zero-order chi connectivity index (χ0) is 13.4. The molecule has 0 aromatic rings. The molecule has 1 heterocycles. The van der Waals surface area contributed by atoms with Crippen LogP contribution in [-0.4, -0.2) is 54.9 Å². The summed E-state index contributed by atoms with van der Waals surface area (Å²) in [5, 5.41) is 11.4. The van der Waals surface area contributed by atoms with Gasteiger partial charge < -0.3 is 20.1 Å². The van der Waals surface area contributed by atoms with E-state index in [0.29, 0.717) is 19.0 Å². The summed E-state index contributed by atoms with van der Waals surface area (Å²) in [6.45, 7) is 4.84. The Morgan fingerprint density at radius 3 is 2.83 bits per heavy atom. The predicted octanol–water partition coefficient (Wildman–Crippen LogP) is 0.919. The van der Waals surface area contributed by atoms with Crippen molar-refractivity contribution in [2.45, 2.75) is 26.2 Å². The first-order chi connectivity index (χ1) is 8.63. The lowest BCUT2D eigenvalue weighted by molar-refractivity contribution is -0.137. The molecule has 6 heteroatoms. The van der Waals surface area contributed by atoms with Crippen LogP contribution in [0, 0.1) is 5.92 Å². The summed E-state index contributed by atoms with van der Waals surface area (Å²) in [4.78, 5) is 23.7. The highest BCUT2D eigenvalue weighted by Gasteiger charge is 2.16. The number of aliphatic carboxylic acids is 1. The molecule has 1 rings (SSSR count). The van der Waals surface area contributed by atoms with Gasteiger partial charge in [0.05, 0.1) is 6.42 Å². The zero-order valence-corrected chi connectivity index (χ0v) is 10.9. The van der Waals surface area contributed by atoms with Crippen molar-refractivity contribution in [3.63, 3.8) is 0 Å². The topological polar surface area (TPSA) is 78.9 Å². The van der Waals surface area contributed by atoms with Gasteiger partial charge >= 0.3 is 12.0 Å². The molecule has 6 nitrogen and oxygen atoms in total. The molecule has 0 radical (unpaired) electrons. The van der Waals surface area contributed by atoms with Crippen LogP contribution >= 0.6 is 0 Å². The summed E-state index contributed by atoms with van der Waals surface area (Å²) in [5.74, 6) is -0.344. The molecule has 1 unspecified atom stereocenters. The summed E-state index contributed by atoms with van der Waals surface area (Å²) in [6, 6.07) is -0.183. The third-order valence-electron chi connectivity index (χ3n) is 3.12. The maximum atomic E-state index is 11.8. The van der Waals surface area contributed by atoms with Crippen molar-refractivity contribution in [3.8, 4) is 0 Å². The number of hydrogen-bond acceptors (Lipinski definition) is 3. The minimum absolute atomic E-state index is 0.0161. The van der Waals surface area contributed by atoms with Gasteiger partial charge in [-0.2, -0.15) is 0 Å². The largest absolute Gasteiger partial charge is 0.481 e.